The van der Waals surface area contributed by atoms with Gasteiger partial charge >= 0.3 is 0 Å². The van der Waals surface area contributed by atoms with E-state index in [9.17, 15) is 8.42 Å². The lowest BCUT2D eigenvalue weighted by atomic mass is 10.2. The molecule has 0 saturated carbocycles. The van der Waals surface area contributed by atoms with E-state index in [1.54, 1.807) is 15.7 Å². The minimum absolute atomic E-state index is 0.579. The van der Waals surface area contributed by atoms with Crippen molar-refractivity contribution in [3.63, 3.8) is 0 Å². The van der Waals surface area contributed by atoms with E-state index < -0.39 is 10.2 Å². The molecule has 0 radical (unpaired) electrons. The molecule has 2 saturated heterocycles. The molecule has 2 fully saturated rings. The molecule has 25 heavy (non-hydrogen) atoms. The number of hydrogen-bond donors (Lipinski definition) is 0. The Morgan fingerprint density at radius 3 is 2.16 bits per heavy atom. The van der Waals surface area contributed by atoms with E-state index in [0.717, 1.165) is 43.8 Å². The lowest BCUT2D eigenvalue weighted by Gasteiger charge is -2.35. The largest absolute Gasteiger partial charge is 0.497 e. The summed E-state index contributed by atoms with van der Waals surface area (Å²) in [6, 6.07) is 7.94. The van der Waals surface area contributed by atoms with Crippen LogP contribution in [-0.4, -0.2) is 74.9 Å². The average Bonchev–Trinajstić information content (AvgIpc) is 3.18. The van der Waals surface area contributed by atoms with Gasteiger partial charge in [-0.05, 0) is 30.5 Å². The van der Waals surface area contributed by atoms with Crippen molar-refractivity contribution >= 4 is 16.3 Å². The van der Waals surface area contributed by atoms with Crippen molar-refractivity contribution in [3.05, 3.63) is 35.9 Å². The van der Waals surface area contributed by atoms with Crippen LogP contribution in [-0.2, 0) is 10.2 Å². The number of rotatable bonds is 6. The highest BCUT2D eigenvalue weighted by Crippen LogP contribution is 2.18. The molecule has 0 N–H and O–H groups in total. The molecule has 2 aliphatic rings. The number of piperazine rings is 1. The van der Waals surface area contributed by atoms with Crippen molar-refractivity contribution in [3.8, 4) is 5.75 Å². The molecule has 0 amide bonds. The second-order valence-corrected chi connectivity index (χ2v) is 8.42. The van der Waals surface area contributed by atoms with Crippen LogP contribution in [0.1, 0.15) is 18.4 Å². The number of nitrogens with zero attached hydrogens (tertiary/aromatic N) is 3. The Bertz CT molecular complexity index is 674. The molecule has 2 heterocycles. The molecule has 0 atom stereocenters. The molecule has 7 heteroatoms. The van der Waals surface area contributed by atoms with Gasteiger partial charge in [0, 0.05) is 45.8 Å². The van der Waals surface area contributed by atoms with Gasteiger partial charge in [0.25, 0.3) is 10.2 Å². The van der Waals surface area contributed by atoms with Gasteiger partial charge in [0.1, 0.15) is 5.75 Å². The van der Waals surface area contributed by atoms with E-state index in [0.29, 0.717) is 26.2 Å². The monoisotopic (exact) mass is 365 g/mol. The van der Waals surface area contributed by atoms with Crippen molar-refractivity contribution < 1.29 is 13.2 Å². The topological polar surface area (TPSA) is 53.1 Å². The van der Waals surface area contributed by atoms with Gasteiger partial charge in [-0.3, -0.25) is 4.90 Å². The van der Waals surface area contributed by atoms with Gasteiger partial charge < -0.3 is 4.74 Å². The number of methoxy groups -OCH3 is 1. The van der Waals surface area contributed by atoms with E-state index in [4.69, 9.17) is 4.74 Å². The fourth-order valence-corrected chi connectivity index (χ4v) is 4.95. The van der Waals surface area contributed by atoms with E-state index >= 15 is 0 Å². The van der Waals surface area contributed by atoms with Crippen molar-refractivity contribution in [1.29, 1.82) is 0 Å². The maximum Gasteiger partial charge on any atom is 0.282 e. The van der Waals surface area contributed by atoms with Gasteiger partial charge in [-0.25, -0.2) is 0 Å². The molecule has 0 spiro atoms. The zero-order valence-corrected chi connectivity index (χ0v) is 15.6. The van der Waals surface area contributed by atoms with Crippen LogP contribution in [0.15, 0.2) is 30.3 Å². The van der Waals surface area contributed by atoms with Gasteiger partial charge in [-0.1, -0.05) is 24.3 Å². The molecule has 0 aromatic heterocycles. The van der Waals surface area contributed by atoms with Gasteiger partial charge in [-0.15, -0.1) is 0 Å². The first kappa shape index (κ1) is 18.4. The molecule has 3 rings (SSSR count). The second kappa shape index (κ2) is 8.31. The average molecular weight is 365 g/mol. The molecule has 1 aromatic rings. The smallest absolute Gasteiger partial charge is 0.282 e. The van der Waals surface area contributed by atoms with Crippen LogP contribution in [0.25, 0.3) is 6.08 Å². The Labute approximate surface area is 150 Å². The summed E-state index contributed by atoms with van der Waals surface area (Å²) in [5, 5.41) is 0. The Balaban J connectivity index is 1.46. The van der Waals surface area contributed by atoms with Crippen LogP contribution in [0, 0.1) is 0 Å². The van der Waals surface area contributed by atoms with Crippen molar-refractivity contribution in [2.45, 2.75) is 12.8 Å². The predicted octanol–water partition coefficient (Wildman–Crippen LogP) is 1.67. The van der Waals surface area contributed by atoms with Crippen molar-refractivity contribution in [2.24, 2.45) is 0 Å². The van der Waals surface area contributed by atoms with E-state index in [2.05, 4.69) is 17.1 Å². The van der Waals surface area contributed by atoms with Gasteiger partial charge in [-0.2, -0.15) is 17.0 Å². The number of hydrogen-bond acceptors (Lipinski definition) is 4. The zero-order valence-electron chi connectivity index (χ0n) is 14.8. The fourth-order valence-electron chi connectivity index (χ4n) is 3.28. The molecule has 0 aliphatic carbocycles. The zero-order chi connectivity index (χ0) is 17.7. The predicted molar refractivity (Wildman–Crippen MR) is 99.8 cm³/mol. The third kappa shape index (κ3) is 4.61. The normalized spacial score (nSPS) is 21.2. The summed E-state index contributed by atoms with van der Waals surface area (Å²) in [5.74, 6) is 0.854. The quantitative estimate of drug-likeness (QED) is 0.769. The molecule has 0 unspecified atom stereocenters. The van der Waals surface area contributed by atoms with Crippen LogP contribution >= 0.6 is 0 Å². The highest BCUT2D eigenvalue weighted by atomic mass is 32.2. The van der Waals surface area contributed by atoms with Crippen molar-refractivity contribution in [1.82, 2.24) is 13.5 Å². The van der Waals surface area contributed by atoms with Crippen LogP contribution in [0.5, 0.6) is 5.75 Å². The van der Waals surface area contributed by atoms with E-state index in [1.807, 2.05) is 24.3 Å². The Hall–Kier alpha value is -1.41. The standard InChI is InChI=1S/C18H27N3O3S/c1-24-18-8-6-17(7-9-18)5-4-10-19-13-15-21(16-14-19)25(22,23)20-11-2-3-12-20/h4-9H,2-3,10-16H2,1H3. The van der Waals surface area contributed by atoms with Crippen molar-refractivity contribution in [2.75, 3.05) is 52.9 Å². The highest BCUT2D eigenvalue weighted by Gasteiger charge is 2.33. The van der Waals surface area contributed by atoms with Crippen LogP contribution in [0.4, 0.5) is 0 Å². The summed E-state index contributed by atoms with van der Waals surface area (Å²) in [5.41, 5.74) is 1.14. The van der Waals surface area contributed by atoms with Crippen LogP contribution in [0.3, 0.4) is 0 Å². The molecule has 2 aliphatic heterocycles. The minimum atomic E-state index is -3.25. The lowest BCUT2D eigenvalue weighted by molar-refractivity contribution is 0.197. The Morgan fingerprint density at radius 2 is 1.56 bits per heavy atom. The van der Waals surface area contributed by atoms with Gasteiger partial charge in [0.05, 0.1) is 7.11 Å². The van der Waals surface area contributed by atoms with E-state index in [-0.39, 0.29) is 0 Å². The SMILES string of the molecule is COc1ccc(C=CCN2CCN(S(=O)(=O)N3CCCC3)CC2)cc1. The Morgan fingerprint density at radius 1 is 0.960 bits per heavy atom. The molecular formula is C18H27N3O3S. The summed E-state index contributed by atoms with van der Waals surface area (Å²) in [6.45, 7) is 4.90. The third-order valence-corrected chi connectivity index (χ3v) is 6.87. The first-order valence-electron chi connectivity index (χ1n) is 8.88. The first-order chi connectivity index (χ1) is 12.1. The fraction of sp³-hybridized carbons (Fsp3) is 0.556. The summed E-state index contributed by atoms with van der Waals surface area (Å²) < 4.78 is 33.5. The molecule has 138 valence electrons. The molecular weight excluding hydrogens is 338 g/mol. The first-order valence-corrected chi connectivity index (χ1v) is 10.3. The third-order valence-electron chi connectivity index (χ3n) is 4.84. The number of benzene rings is 1. The van der Waals surface area contributed by atoms with Crippen LogP contribution in [0.2, 0.25) is 0 Å². The Kier molecular flexibility index (Phi) is 6.11. The highest BCUT2D eigenvalue weighted by molar-refractivity contribution is 7.86. The second-order valence-electron chi connectivity index (χ2n) is 6.49. The molecule has 1 aromatic carbocycles. The summed E-state index contributed by atoms with van der Waals surface area (Å²) in [4.78, 5) is 2.29. The summed E-state index contributed by atoms with van der Waals surface area (Å²) in [6.07, 6.45) is 6.18. The maximum absolute atomic E-state index is 12.6. The summed E-state index contributed by atoms with van der Waals surface area (Å²) >= 11 is 0. The number of ether oxygens (including phenoxy) is 1. The molecule has 0 bridgehead atoms. The summed E-state index contributed by atoms with van der Waals surface area (Å²) in [7, 11) is -1.58. The maximum atomic E-state index is 12.6. The van der Waals surface area contributed by atoms with Gasteiger partial charge in [0.15, 0.2) is 0 Å². The lowest BCUT2D eigenvalue weighted by Crippen LogP contribution is -2.52. The minimum Gasteiger partial charge on any atom is -0.497 e. The van der Waals surface area contributed by atoms with Gasteiger partial charge in [0.2, 0.25) is 0 Å². The molecule has 6 nitrogen and oxygen atoms in total. The van der Waals surface area contributed by atoms with Crippen LogP contribution < -0.4 is 4.74 Å². The van der Waals surface area contributed by atoms with E-state index in [1.165, 1.54) is 0 Å².